The second-order valence-electron chi connectivity index (χ2n) is 5.46. The Bertz CT molecular complexity index is 892. The van der Waals surface area contributed by atoms with E-state index in [0.29, 0.717) is 22.7 Å². The largest absolute Gasteiger partial charge is 0.457 e. The minimum Gasteiger partial charge on any atom is -0.457 e. The molecule has 6 nitrogen and oxygen atoms in total. The maximum absolute atomic E-state index is 12.3. The molecule has 0 atom stereocenters. The van der Waals surface area contributed by atoms with Crippen LogP contribution in [0.15, 0.2) is 78.9 Å². The molecule has 130 valence electrons. The number of ether oxygens (including phenoxy) is 1. The van der Waals surface area contributed by atoms with Gasteiger partial charge in [-0.2, -0.15) is 0 Å². The molecule has 0 aliphatic rings. The first-order valence-corrected chi connectivity index (χ1v) is 7.91. The van der Waals surface area contributed by atoms with E-state index in [1.165, 1.54) is 0 Å². The van der Waals surface area contributed by atoms with Gasteiger partial charge in [0, 0.05) is 16.9 Å². The van der Waals surface area contributed by atoms with Crippen molar-refractivity contribution in [1.82, 2.24) is 0 Å². The highest BCUT2D eigenvalue weighted by atomic mass is 16.5. The smallest absolute Gasteiger partial charge is 0.316 e. The molecule has 0 aliphatic heterocycles. The van der Waals surface area contributed by atoms with Crippen molar-refractivity contribution in [3.05, 3.63) is 84.4 Å². The van der Waals surface area contributed by atoms with Crippen LogP contribution in [0.4, 0.5) is 16.2 Å². The van der Waals surface area contributed by atoms with Gasteiger partial charge in [-0.15, -0.1) is 0 Å². The topological polar surface area (TPSA) is 93.5 Å². The molecule has 0 radical (unpaired) electrons. The number of hydrogen-bond donors (Lipinski definition) is 3. The fourth-order valence-corrected chi connectivity index (χ4v) is 2.28. The van der Waals surface area contributed by atoms with Crippen LogP contribution < -0.4 is 21.1 Å². The molecule has 6 heteroatoms. The van der Waals surface area contributed by atoms with E-state index >= 15 is 0 Å². The summed E-state index contributed by atoms with van der Waals surface area (Å²) in [5, 5.41) is 5.24. The van der Waals surface area contributed by atoms with Crippen LogP contribution in [-0.4, -0.2) is 11.9 Å². The predicted octanol–water partition coefficient (Wildman–Crippen LogP) is 4.22. The van der Waals surface area contributed by atoms with Crippen molar-refractivity contribution in [2.24, 2.45) is 5.73 Å². The molecule has 0 heterocycles. The zero-order valence-corrected chi connectivity index (χ0v) is 13.8. The molecular formula is C20H17N3O3. The van der Waals surface area contributed by atoms with E-state index in [1.54, 1.807) is 48.5 Å². The molecule has 3 amide bonds. The van der Waals surface area contributed by atoms with Crippen LogP contribution in [0.5, 0.6) is 11.5 Å². The number of urea groups is 1. The van der Waals surface area contributed by atoms with Gasteiger partial charge in [0.2, 0.25) is 0 Å². The van der Waals surface area contributed by atoms with E-state index < -0.39 is 6.03 Å². The summed E-state index contributed by atoms with van der Waals surface area (Å²) < 4.78 is 5.71. The average molecular weight is 347 g/mol. The van der Waals surface area contributed by atoms with Gasteiger partial charge in [-0.3, -0.25) is 4.79 Å². The van der Waals surface area contributed by atoms with Crippen molar-refractivity contribution in [2.45, 2.75) is 0 Å². The van der Waals surface area contributed by atoms with Crippen molar-refractivity contribution in [3.8, 4) is 11.5 Å². The monoisotopic (exact) mass is 347 g/mol. The molecule has 0 aliphatic carbocycles. The van der Waals surface area contributed by atoms with Crippen molar-refractivity contribution >= 4 is 23.3 Å². The summed E-state index contributed by atoms with van der Waals surface area (Å²) in [7, 11) is 0. The molecule has 4 N–H and O–H groups in total. The number of benzene rings is 3. The maximum atomic E-state index is 12.3. The van der Waals surface area contributed by atoms with E-state index in [4.69, 9.17) is 10.5 Å². The van der Waals surface area contributed by atoms with Crippen LogP contribution in [0.25, 0.3) is 0 Å². The highest BCUT2D eigenvalue weighted by molar-refractivity contribution is 6.04. The van der Waals surface area contributed by atoms with Gasteiger partial charge < -0.3 is 21.1 Å². The number of carbonyl (C=O) groups excluding carboxylic acids is 2. The zero-order chi connectivity index (χ0) is 18.4. The Hall–Kier alpha value is -3.80. The lowest BCUT2D eigenvalue weighted by Gasteiger charge is -2.08. The number of amides is 3. The van der Waals surface area contributed by atoms with Crippen molar-refractivity contribution in [1.29, 1.82) is 0 Å². The third-order valence-electron chi connectivity index (χ3n) is 3.51. The summed E-state index contributed by atoms with van der Waals surface area (Å²) in [5.74, 6) is 1.16. The number of carbonyl (C=O) groups is 2. The number of anilines is 2. The molecule has 3 rings (SSSR count). The fraction of sp³-hybridized carbons (Fsp3) is 0. The number of para-hydroxylation sites is 1. The Balaban J connectivity index is 1.61. The van der Waals surface area contributed by atoms with Gasteiger partial charge in [0.15, 0.2) is 0 Å². The average Bonchev–Trinajstić information content (AvgIpc) is 2.64. The summed E-state index contributed by atoms with van der Waals surface area (Å²) >= 11 is 0. The molecule has 26 heavy (non-hydrogen) atoms. The van der Waals surface area contributed by atoms with E-state index in [9.17, 15) is 9.59 Å². The van der Waals surface area contributed by atoms with Crippen LogP contribution >= 0.6 is 0 Å². The molecule has 3 aromatic carbocycles. The van der Waals surface area contributed by atoms with Gasteiger partial charge in [-0.1, -0.05) is 18.2 Å². The fourth-order valence-electron chi connectivity index (χ4n) is 2.28. The Morgan fingerprint density at radius 3 is 1.85 bits per heavy atom. The second kappa shape index (κ2) is 7.85. The Kier molecular flexibility index (Phi) is 5.14. The first-order valence-electron chi connectivity index (χ1n) is 7.91. The van der Waals surface area contributed by atoms with Gasteiger partial charge in [-0.05, 0) is 60.7 Å². The van der Waals surface area contributed by atoms with E-state index in [1.807, 2.05) is 30.3 Å². The first kappa shape index (κ1) is 17.0. The van der Waals surface area contributed by atoms with Gasteiger partial charge >= 0.3 is 6.03 Å². The summed E-state index contributed by atoms with van der Waals surface area (Å²) in [6.07, 6.45) is 0. The minimum atomic E-state index is -0.653. The highest BCUT2D eigenvalue weighted by Crippen LogP contribution is 2.23. The van der Waals surface area contributed by atoms with Gasteiger partial charge in [0.05, 0.1) is 0 Å². The lowest BCUT2D eigenvalue weighted by Crippen LogP contribution is -2.19. The van der Waals surface area contributed by atoms with Crippen LogP contribution in [0.3, 0.4) is 0 Å². The van der Waals surface area contributed by atoms with E-state index in [-0.39, 0.29) is 5.91 Å². The number of rotatable bonds is 5. The highest BCUT2D eigenvalue weighted by Gasteiger charge is 2.07. The maximum Gasteiger partial charge on any atom is 0.316 e. The molecule has 0 saturated heterocycles. The van der Waals surface area contributed by atoms with Gasteiger partial charge in [0.1, 0.15) is 11.5 Å². The number of nitrogens with one attached hydrogen (secondary N) is 2. The van der Waals surface area contributed by atoms with Crippen molar-refractivity contribution in [3.63, 3.8) is 0 Å². The summed E-state index contributed by atoms with van der Waals surface area (Å²) in [4.78, 5) is 23.1. The lowest BCUT2D eigenvalue weighted by molar-refractivity contribution is 0.102. The van der Waals surface area contributed by atoms with E-state index in [0.717, 1.165) is 5.75 Å². The SMILES string of the molecule is NC(=O)Nc1ccc(C(=O)Nc2ccc(Oc3ccccc3)cc2)cc1. The molecule has 0 bridgehead atoms. The van der Waals surface area contributed by atoms with Crippen molar-refractivity contribution in [2.75, 3.05) is 10.6 Å². The van der Waals surface area contributed by atoms with Gasteiger partial charge in [-0.25, -0.2) is 4.79 Å². The third kappa shape index (κ3) is 4.61. The molecule has 0 aromatic heterocycles. The zero-order valence-electron chi connectivity index (χ0n) is 13.8. The van der Waals surface area contributed by atoms with Crippen LogP contribution in [0.1, 0.15) is 10.4 Å². The summed E-state index contributed by atoms with van der Waals surface area (Å²) in [6, 6.07) is 22.3. The summed E-state index contributed by atoms with van der Waals surface area (Å²) in [6.45, 7) is 0. The number of hydrogen-bond acceptors (Lipinski definition) is 3. The van der Waals surface area contributed by atoms with Crippen LogP contribution in [0.2, 0.25) is 0 Å². The quantitative estimate of drug-likeness (QED) is 0.645. The molecule has 0 saturated carbocycles. The summed E-state index contributed by atoms with van der Waals surface area (Å²) in [5.41, 5.74) is 6.68. The first-order chi connectivity index (χ1) is 12.6. The van der Waals surface area contributed by atoms with Crippen LogP contribution in [0, 0.1) is 0 Å². The molecular weight excluding hydrogens is 330 g/mol. The minimum absolute atomic E-state index is 0.257. The van der Waals surface area contributed by atoms with E-state index in [2.05, 4.69) is 10.6 Å². The van der Waals surface area contributed by atoms with Crippen molar-refractivity contribution < 1.29 is 14.3 Å². The molecule has 0 unspecified atom stereocenters. The standard InChI is InChI=1S/C20H17N3O3/c21-20(25)23-16-8-6-14(7-9-16)19(24)22-15-10-12-18(13-11-15)26-17-4-2-1-3-5-17/h1-13H,(H,22,24)(H3,21,23,25). The van der Waals surface area contributed by atoms with Crippen LogP contribution in [-0.2, 0) is 0 Å². The number of primary amides is 1. The second-order valence-corrected chi connectivity index (χ2v) is 5.46. The Morgan fingerprint density at radius 2 is 1.23 bits per heavy atom. The molecule has 0 spiro atoms. The molecule has 0 fully saturated rings. The predicted molar refractivity (Wildman–Crippen MR) is 101 cm³/mol. The Morgan fingerprint density at radius 1 is 0.692 bits per heavy atom. The van der Waals surface area contributed by atoms with Gasteiger partial charge in [0.25, 0.3) is 5.91 Å². The third-order valence-corrected chi connectivity index (χ3v) is 3.51. The Labute approximate surface area is 150 Å². The molecule has 3 aromatic rings. The number of nitrogens with two attached hydrogens (primary N) is 1. The lowest BCUT2D eigenvalue weighted by atomic mass is 10.2. The normalized spacial score (nSPS) is 10.0.